The van der Waals surface area contributed by atoms with Crippen molar-refractivity contribution in [3.05, 3.63) is 102 Å². The first-order chi connectivity index (χ1) is 17.2. The summed E-state index contributed by atoms with van der Waals surface area (Å²) < 4.78 is 2.02. The molecular formula is C31H29N3O. The van der Waals surface area contributed by atoms with E-state index in [0.29, 0.717) is 12.5 Å². The van der Waals surface area contributed by atoms with Crippen LogP contribution in [0.25, 0.3) is 32.8 Å². The van der Waals surface area contributed by atoms with Crippen LogP contribution < -0.4 is 10.7 Å². The minimum Gasteiger partial charge on any atom is -0.330 e. The molecule has 2 N–H and O–H groups in total. The molecule has 1 aliphatic rings. The van der Waals surface area contributed by atoms with Crippen molar-refractivity contribution in [2.45, 2.75) is 32.1 Å². The predicted molar refractivity (Wildman–Crippen MR) is 145 cm³/mol. The number of amides is 1. The molecule has 4 nitrogen and oxygen atoms in total. The minimum absolute atomic E-state index is 0.00701. The lowest BCUT2D eigenvalue weighted by Crippen LogP contribution is -2.34. The molecule has 4 aromatic carbocycles. The summed E-state index contributed by atoms with van der Waals surface area (Å²) in [6.07, 6.45) is 5.21. The molecule has 1 heterocycles. The van der Waals surface area contributed by atoms with Gasteiger partial charge in [-0.05, 0) is 83.0 Å². The molecule has 0 unspecified atom stereocenters. The highest BCUT2D eigenvalue weighted by molar-refractivity contribution is 6.00. The van der Waals surface area contributed by atoms with Crippen LogP contribution in [0.5, 0.6) is 0 Å². The average molecular weight is 460 g/mol. The van der Waals surface area contributed by atoms with Crippen molar-refractivity contribution in [3.8, 4) is 11.1 Å². The first-order valence-electron chi connectivity index (χ1n) is 12.4. The summed E-state index contributed by atoms with van der Waals surface area (Å²) in [4.78, 5) is 13.1. The van der Waals surface area contributed by atoms with E-state index < -0.39 is 0 Å². The van der Waals surface area contributed by atoms with E-state index in [9.17, 15) is 4.79 Å². The van der Waals surface area contributed by atoms with Crippen molar-refractivity contribution in [1.29, 1.82) is 0 Å². The lowest BCUT2D eigenvalue weighted by atomic mass is 9.96. The van der Waals surface area contributed by atoms with Crippen LogP contribution in [0.4, 0.5) is 5.69 Å². The molecule has 5 aromatic rings. The Balaban J connectivity index is 1.54. The number of para-hydroxylation sites is 1. The number of fused-ring (bicyclic) bond motifs is 2. The third-order valence-electron chi connectivity index (χ3n) is 7.08. The van der Waals surface area contributed by atoms with Gasteiger partial charge in [0.05, 0.1) is 11.2 Å². The summed E-state index contributed by atoms with van der Waals surface area (Å²) in [5.41, 5.74) is 12.8. The van der Waals surface area contributed by atoms with E-state index >= 15 is 0 Å². The molecule has 0 saturated heterocycles. The van der Waals surface area contributed by atoms with Gasteiger partial charge in [-0.15, -0.1) is 0 Å². The molecule has 35 heavy (non-hydrogen) atoms. The van der Waals surface area contributed by atoms with Gasteiger partial charge in [0.2, 0.25) is 5.91 Å². The first-order valence-corrected chi connectivity index (χ1v) is 12.4. The molecule has 1 aromatic heterocycles. The van der Waals surface area contributed by atoms with Gasteiger partial charge in [0.15, 0.2) is 0 Å². The van der Waals surface area contributed by atoms with E-state index in [2.05, 4.69) is 85.1 Å². The zero-order valence-corrected chi connectivity index (χ0v) is 19.9. The van der Waals surface area contributed by atoms with Gasteiger partial charge in [-0.1, -0.05) is 66.7 Å². The summed E-state index contributed by atoms with van der Waals surface area (Å²) in [6.45, 7) is 2.19. The molecular weight excluding hydrogens is 430 g/mol. The Kier molecular flexibility index (Phi) is 5.39. The third kappa shape index (κ3) is 3.80. The van der Waals surface area contributed by atoms with Crippen LogP contribution in [-0.2, 0) is 11.2 Å². The molecule has 0 spiro atoms. The Morgan fingerprint density at radius 1 is 0.943 bits per heavy atom. The fourth-order valence-electron chi connectivity index (χ4n) is 5.30. The van der Waals surface area contributed by atoms with Gasteiger partial charge in [0, 0.05) is 18.5 Å². The van der Waals surface area contributed by atoms with E-state index in [0.717, 1.165) is 34.1 Å². The average Bonchev–Trinajstić information content (AvgIpc) is 3.67. The lowest BCUT2D eigenvalue weighted by molar-refractivity contribution is -0.117. The van der Waals surface area contributed by atoms with Gasteiger partial charge in [-0.25, -0.2) is 5.01 Å². The molecule has 0 atom stereocenters. The number of aromatic nitrogens is 1. The van der Waals surface area contributed by atoms with Crippen molar-refractivity contribution in [3.63, 3.8) is 0 Å². The third-order valence-corrected chi connectivity index (χ3v) is 7.08. The van der Waals surface area contributed by atoms with Crippen molar-refractivity contribution < 1.29 is 4.79 Å². The number of nitrogens with two attached hydrogens (primary N) is 1. The fraction of sp³-hybridized carbons (Fsp3) is 0.194. The normalized spacial score (nSPS) is 13.4. The molecule has 0 aliphatic heterocycles. The van der Waals surface area contributed by atoms with Crippen LogP contribution in [0.3, 0.4) is 0 Å². The topological polar surface area (TPSA) is 51.3 Å². The van der Waals surface area contributed by atoms with E-state index in [-0.39, 0.29) is 5.91 Å². The maximum atomic E-state index is 13.1. The Hall–Kier alpha value is -3.89. The molecule has 174 valence electrons. The number of benzene rings is 4. The molecule has 1 saturated carbocycles. The smallest absolute Gasteiger partial charge is 0.243 e. The Bertz CT molecular complexity index is 1560. The van der Waals surface area contributed by atoms with E-state index in [1.165, 1.54) is 34.7 Å². The zero-order valence-electron chi connectivity index (χ0n) is 19.9. The standard InChI is InChI=1S/C31H29N3O/c1-21(35)34(31-12-5-4-10-28(31)23-13-14-23)33-20-25(17-18-32)29-19-24(15-16-30(29)33)27-11-6-8-22-7-2-3-9-26(22)27/h2-12,15-16,19-20,23H,13-14,17-18,32H2,1H3. The van der Waals surface area contributed by atoms with Gasteiger partial charge >= 0.3 is 0 Å². The number of rotatable bonds is 6. The molecule has 0 bridgehead atoms. The highest BCUT2D eigenvalue weighted by atomic mass is 16.2. The number of hydrogen-bond acceptors (Lipinski definition) is 2. The summed E-state index contributed by atoms with van der Waals surface area (Å²) in [5, 5.41) is 5.42. The van der Waals surface area contributed by atoms with Crippen LogP contribution in [0.1, 0.15) is 36.8 Å². The SMILES string of the molecule is CC(=O)N(c1ccccc1C1CC1)n1cc(CCN)c2cc(-c3cccc4ccccc34)ccc21. The van der Waals surface area contributed by atoms with Gasteiger partial charge in [-0.2, -0.15) is 0 Å². The second-order valence-corrected chi connectivity index (χ2v) is 9.46. The van der Waals surface area contributed by atoms with Crippen molar-refractivity contribution in [1.82, 2.24) is 4.68 Å². The molecule has 6 rings (SSSR count). The van der Waals surface area contributed by atoms with Crippen LogP contribution in [0.15, 0.2) is 91.1 Å². The summed E-state index contributed by atoms with van der Waals surface area (Å²) in [5.74, 6) is 0.531. The highest BCUT2D eigenvalue weighted by Gasteiger charge is 2.29. The zero-order chi connectivity index (χ0) is 23.9. The van der Waals surface area contributed by atoms with Gasteiger partial charge in [0.25, 0.3) is 0 Å². The predicted octanol–water partition coefficient (Wildman–Crippen LogP) is 6.66. The van der Waals surface area contributed by atoms with E-state index in [4.69, 9.17) is 5.73 Å². The summed E-state index contributed by atoms with van der Waals surface area (Å²) in [7, 11) is 0. The molecule has 1 fully saturated rings. The number of nitrogens with zero attached hydrogens (tertiary/aromatic N) is 2. The fourth-order valence-corrected chi connectivity index (χ4v) is 5.30. The molecule has 1 amide bonds. The Morgan fingerprint density at radius 3 is 2.51 bits per heavy atom. The monoisotopic (exact) mass is 459 g/mol. The van der Waals surface area contributed by atoms with E-state index in [1.54, 1.807) is 6.92 Å². The van der Waals surface area contributed by atoms with Crippen LogP contribution in [0.2, 0.25) is 0 Å². The lowest BCUT2D eigenvalue weighted by Gasteiger charge is -2.26. The summed E-state index contributed by atoms with van der Waals surface area (Å²) >= 11 is 0. The van der Waals surface area contributed by atoms with Gasteiger partial charge < -0.3 is 5.73 Å². The first kappa shape index (κ1) is 21.6. The van der Waals surface area contributed by atoms with Crippen LogP contribution in [0, 0.1) is 0 Å². The minimum atomic E-state index is -0.00701. The Labute approximate surface area is 205 Å². The number of carbonyl (C=O) groups excluding carboxylic acids is 1. The van der Waals surface area contributed by atoms with Crippen LogP contribution >= 0.6 is 0 Å². The largest absolute Gasteiger partial charge is 0.330 e. The maximum Gasteiger partial charge on any atom is 0.243 e. The summed E-state index contributed by atoms with van der Waals surface area (Å²) in [6, 6.07) is 29.8. The number of hydrogen-bond donors (Lipinski definition) is 1. The maximum absolute atomic E-state index is 13.1. The number of carbonyl (C=O) groups is 1. The highest BCUT2D eigenvalue weighted by Crippen LogP contribution is 2.45. The van der Waals surface area contributed by atoms with Gasteiger partial charge in [0.1, 0.15) is 0 Å². The van der Waals surface area contributed by atoms with Crippen molar-refractivity contribution in [2.24, 2.45) is 5.73 Å². The molecule has 0 radical (unpaired) electrons. The van der Waals surface area contributed by atoms with Crippen LogP contribution in [-0.4, -0.2) is 17.1 Å². The van der Waals surface area contributed by atoms with Crippen molar-refractivity contribution in [2.75, 3.05) is 11.6 Å². The van der Waals surface area contributed by atoms with E-state index in [1.807, 2.05) is 15.8 Å². The Morgan fingerprint density at radius 2 is 1.71 bits per heavy atom. The second-order valence-electron chi connectivity index (χ2n) is 9.46. The van der Waals surface area contributed by atoms with Gasteiger partial charge in [-0.3, -0.25) is 9.47 Å². The quantitative estimate of drug-likeness (QED) is 0.309. The van der Waals surface area contributed by atoms with Crippen molar-refractivity contribution >= 4 is 33.3 Å². The molecule has 1 aliphatic carbocycles. The second kappa shape index (κ2) is 8.71. The number of anilines is 1. The molecule has 4 heteroatoms.